The lowest BCUT2D eigenvalue weighted by Gasteiger charge is -2.26. The maximum Gasteiger partial charge on any atom is 0.306 e. The van der Waals surface area contributed by atoms with Crippen molar-refractivity contribution in [1.29, 1.82) is 0 Å². The van der Waals surface area contributed by atoms with Crippen LogP contribution < -0.4 is 0 Å². The van der Waals surface area contributed by atoms with Gasteiger partial charge in [0.05, 0.1) is 12.0 Å². The maximum absolute atomic E-state index is 10.7. The van der Waals surface area contributed by atoms with E-state index in [1.165, 1.54) is 7.11 Å². The van der Waals surface area contributed by atoms with E-state index in [2.05, 4.69) is 0 Å². The minimum Gasteiger partial charge on any atom is -0.481 e. The predicted molar refractivity (Wildman–Crippen MR) is 62.8 cm³/mol. The first kappa shape index (κ1) is 13.0. The van der Waals surface area contributed by atoms with Crippen LogP contribution in [0.1, 0.15) is 18.9 Å². The molecule has 0 amide bonds. The van der Waals surface area contributed by atoms with Gasteiger partial charge in [-0.05, 0) is 24.6 Å². The monoisotopic (exact) mass is 242 g/mol. The first-order chi connectivity index (χ1) is 7.45. The van der Waals surface area contributed by atoms with Gasteiger partial charge in [0, 0.05) is 18.6 Å². The molecular formula is C12H15ClO3. The first-order valence-corrected chi connectivity index (χ1v) is 5.34. The molecule has 16 heavy (non-hydrogen) atoms. The summed E-state index contributed by atoms with van der Waals surface area (Å²) in [5.74, 6) is -0.863. The Labute approximate surface area is 100.0 Å². The summed E-state index contributed by atoms with van der Waals surface area (Å²) in [7, 11) is 1.53. The second kappa shape index (κ2) is 5.32. The summed E-state index contributed by atoms with van der Waals surface area (Å²) in [6, 6.07) is 7.32. The number of carboxylic acid groups (broad SMARTS) is 1. The van der Waals surface area contributed by atoms with Gasteiger partial charge in [-0.1, -0.05) is 23.7 Å². The Morgan fingerprint density at radius 1 is 1.44 bits per heavy atom. The standard InChI is InChI=1S/C12H15ClO3/c1-12(16-2,8-11(14)15)7-9-3-5-10(13)6-4-9/h3-6H,7-8H2,1-2H3,(H,14,15). The molecule has 4 heteroatoms. The van der Waals surface area contributed by atoms with E-state index < -0.39 is 11.6 Å². The zero-order valence-electron chi connectivity index (χ0n) is 9.37. The Hall–Kier alpha value is -1.06. The molecule has 0 aliphatic carbocycles. The van der Waals surface area contributed by atoms with Crippen LogP contribution in [0.4, 0.5) is 0 Å². The van der Waals surface area contributed by atoms with E-state index in [0.717, 1.165) is 5.56 Å². The normalized spacial score (nSPS) is 14.4. The van der Waals surface area contributed by atoms with Gasteiger partial charge in [-0.3, -0.25) is 4.79 Å². The van der Waals surface area contributed by atoms with Gasteiger partial charge in [-0.25, -0.2) is 0 Å². The van der Waals surface area contributed by atoms with Crippen molar-refractivity contribution in [3.05, 3.63) is 34.9 Å². The minimum atomic E-state index is -0.863. The molecule has 1 aromatic carbocycles. The molecule has 1 atom stereocenters. The maximum atomic E-state index is 10.7. The summed E-state index contributed by atoms with van der Waals surface area (Å²) in [5, 5.41) is 9.47. The smallest absolute Gasteiger partial charge is 0.306 e. The zero-order chi connectivity index (χ0) is 12.2. The van der Waals surface area contributed by atoms with Crippen LogP contribution >= 0.6 is 11.6 Å². The lowest BCUT2D eigenvalue weighted by atomic mass is 9.93. The highest BCUT2D eigenvalue weighted by Crippen LogP contribution is 2.22. The quantitative estimate of drug-likeness (QED) is 0.864. The Balaban J connectivity index is 2.76. The van der Waals surface area contributed by atoms with Crippen LogP contribution in [-0.4, -0.2) is 23.8 Å². The first-order valence-electron chi connectivity index (χ1n) is 4.96. The number of rotatable bonds is 5. The van der Waals surface area contributed by atoms with Crippen molar-refractivity contribution in [2.75, 3.05) is 7.11 Å². The molecule has 1 rings (SSSR count). The molecule has 1 N–H and O–H groups in total. The SMILES string of the molecule is COC(C)(CC(=O)O)Cc1ccc(Cl)cc1. The van der Waals surface area contributed by atoms with Gasteiger partial charge >= 0.3 is 5.97 Å². The fourth-order valence-electron chi connectivity index (χ4n) is 1.56. The summed E-state index contributed by atoms with van der Waals surface area (Å²) < 4.78 is 5.27. The Morgan fingerprint density at radius 2 is 2.00 bits per heavy atom. The third-order valence-corrected chi connectivity index (χ3v) is 2.76. The fraction of sp³-hybridized carbons (Fsp3) is 0.417. The van der Waals surface area contributed by atoms with Crippen LogP contribution in [0.5, 0.6) is 0 Å². The number of aliphatic carboxylic acids is 1. The zero-order valence-corrected chi connectivity index (χ0v) is 10.1. The molecular weight excluding hydrogens is 228 g/mol. The van der Waals surface area contributed by atoms with Gasteiger partial charge in [0.2, 0.25) is 0 Å². The van der Waals surface area contributed by atoms with Crippen molar-refractivity contribution < 1.29 is 14.6 Å². The van der Waals surface area contributed by atoms with Gasteiger partial charge in [0.25, 0.3) is 0 Å². The molecule has 1 aromatic rings. The molecule has 0 spiro atoms. The van der Waals surface area contributed by atoms with Gasteiger partial charge in [0.15, 0.2) is 0 Å². The predicted octanol–water partition coefficient (Wildman–Crippen LogP) is 2.76. The van der Waals surface area contributed by atoms with Crippen LogP contribution in [0.15, 0.2) is 24.3 Å². The second-order valence-electron chi connectivity index (χ2n) is 4.03. The van der Waals surface area contributed by atoms with Crippen molar-refractivity contribution in [2.45, 2.75) is 25.4 Å². The molecule has 0 saturated carbocycles. The van der Waals surface area contributed by atoms with E-state index in [1.807, 2.05) is 12.1 Å². The van der Waals surface area contributed by atoms with Gasteiger partial charge in [-0.2, -0.15) is 0 Å². The number of hydrogen-bond donors (Lipinski definition) is 1. The van der Waals surface area contributed by atoms with E-state index in [4.69, 9.17) is 21.4 Å². The molecule has 0 aliphatic heterocycles. The Kier molecular flexibility index (Phi) is 4.33. The molecule has 0 radical (unpaired) electrons. The highest BCUT2D eigenvalue weighted by Gasteiger charge is 2.27. The topological polar surface area (TPSA) is 46.5 Å². The number of halogens is 1. The third-order valence-electron chi connectivity index (χ3n) is 2.51. The molecule has 88 valence electrons. The average Bonchev–Trinajstić information content (AvgIpc) is 2.20. The number of hydrogen-bond acceptors (Lipinski definition) is 2. The number of carbonyl (C=O) groups is 1. The number of ether oxygens (including phenoxy) is 1. The molecule has 0 bridgehead atoms. The number of benzene rings is 1. The van der Waals surface area contributed by atoms with E-state index in [1.54, 1.807) is 19.1 Å². The fourth-order valence-corrected chi connectivity index (χ4v) is 1.69. The van der Waals surface area contributed by atoms with Crippen molar-refractivity contribution in [3.63, 3.8) is 0 Å². The van der Waals surface area contributed by atoms with E-state index in [0.29, 0.717) is 11.4 Å². The average molecular weight is 243 g/mol. The van der Waals surface area contributed by atoms with E-state index in [9.17, 15) is 4.79 Å². The third kappa shape index (κ3) is 3.83. The highest BCUT2D eigenvalue weighted by atomic mass is 35.5. The van der Waals surface area contributed by atoms with E-state index in [-0.39, 0.29) is 6.42 Å². The number of carboxylic acids is 1. The van der Waals surface area contributed by atoms with Crippen LogP contribution in [-0.2, 0) is 16.0 Å². The van der Waals surface area contributed by atoms with Crippen molar-refractivity contribution in [1.82, 2.24) is 0 Å². The molecule has 0 heterocycles. The molecule has 0 aromatic heterocycles. The second-order valence-corrected chi connectivity index (χ2v) is 4.46. The molecule has 3 nitrogen and oxygen atoms in total. The molecule has 0 fully saturated rings. The summed E-state index contributed by atoms with van der Waals surface area (Å²) in [6.45, 7) is 1.79. The number of methoxy groups -OCH3 is 1. The minimum absolute atomic E-state index is 0.0217. The summed E-state index contributed by atoms with van der Waals surface area (Å²) >= 11 is 5.78. The Morgan fingerprint density at radius 3 is 2.44 bits per heavy atom. The molecule has 0 saturated heterocycles. The van der Waals surface area contributed by atoms with Gasteiger partial charge in [-0.15, -0.1) is 0 Å². The van der Waals surface area contributed by atoms with Gasteiger partial charge < -0.3 is 9.84 Å². The van der Waals surface area contributed by atoms with E-state index >= 15 is 0 Å². The lowest BCUT2D eigenvalue weighted by Crippen LogP contribution is -2.33. The lowest BCUT2D eigenvalue weighted by molar-refractivity contribution is -0.143. The largest absolute Gasteiger partial charge is 0.481 e. The van der Waals surface area contributed by atoms with Crippen molar-refractivity contribution >= 4 is 17.6 Å². The van der Waals surface area contributed by atoms with Crippen molar-refractivity contribution in [2.24, 2.45) is 0 Å². The van der Waals surface area contributed by atoms with Crippen LogP contribution in [0, 0.1) is 0 Å². The highest BCUT2D eigenvalue weighted by molar-refractivity contribution is 6.30. The van der Waals surface area contributed by atoms with Crippen LogP contribution in [0.3, 0.4) is 0 Å². The van der Waals surface area contributed by atoms with Gasteiger partial charge in [0.1, 0.15) is 0 Å². The summed E-state index contributed by atoms with van der Waals surface area (Å²) in [5.41, 5.74) is 0.328. The summed E-state index contributed by atoms with van der Waals surface area (Å²) in [6.07, 6.45) is 0.527. The molecule has 0 aliphatic rings. The summed E-state index contributed by atoms with van der Waals surface area (Å²) in [4.78, 5) is 10.7. The molecule has 1 unspecified atom stereocenters. The van der Waals surface area contributed by atoms with Crippen LogP contribution in [0.2, 0.25) is 5.02 Å². The van der Waals surface area contributed by atoms with Crippen LogP contribution in [0.25, 0.3) is 0 Å². The Bertz CT molecular complexity index is 361. The van der Waals surface area contributed by atoms with Crippen molar-refractivity contribution in [3.8, 4) is 0 Å².